The summed E-state index contributed by atoms with van der Waals surface area (Å²) in [4.78, 5) is 7.69. The standard InChI is InChI=1S/C15H12N4/c1-10-7-14-15(11(2)18-10)17-9-19(14)13-5-3-12(8-16)4-6-13/h3-7,9H,1-2H3/p+1. The number of rotatable bonds is 1. The maximum Gasteiger partial charge on any atom is 0.247 e. The predicted octanol–water partition coefficient (Wildman–Crippen LogP) is 2.33. The quantitative estimate of drug-likeness (QED) is 0.673. The van der Waals surface area contributed by atoms with E-state index in [0.29, 0.717) is 5.56 Å². The lowest BCUT2D eigenvalue weighted by Crippen LogP contribution is -2.28. The number of fused-ring (bicyclic) bond motifs is 1. The van der Waals surface area contributed by atoms with Gasteiger partial charge in [0, 0.05) is 11.8 Å². The van der Waals surface area contributed by atoms with Gasteiger partial charge in [-0.15, -0.1) is 0 Å². The van der Waals surface area contributed by atoms with Crippen LogP contribution in [-0.4, -0.2) is 9.97 Å². The van der Waals surface area contributed by atoms with Crippen LogP contribution < -0.4 is 4.57 Å². The Kier molecular flexibility index (Phi) is 2.53. The maximum absolute atomic E-state index is 8.83. The zero-order valence-corrected chi connectivity index (χ0v) is 10.8. The number of hydrogen-bond donors (Lipinski definition) is 1. The Balaban J connectivity index is 2.22. The fraction of sp³-hybridized carbons (Fsp3) is 0.133. The molecule has 0 unspecified atom stereocenters. The lowest BCUT2D eigenvalue weighted by molar-refractivity contribution is -0.567. The minimum atomic E-state index is 0.665. The van der Waals surface area contributed by atoms with Crippen LogP contribution in [0.1, 0.15) is 17.0 Å². The third kappa shape index (κ3) is 1.85. The Labute approximate surface area is 111 Å². The average molecular weight is 249 g/mol. The van der Waals surface area contributed by atoms with Crippen LogP contribution in [0.5, 0.6) is 0 Å². The number of nitriles is 1. The second-order valence-electron chi connectivity index (χ2n) is 4.55. The molecule has 4 nitrogen and oxygen atoms in total. The Morgan fingerprint density at radius 3 is 2.63 bits per heavy atom. The summed E-state index contributed by atoms with van der Waals surface area (Å²) < 4.78 is 2.07. The molecule has 0 fully saturated rings. The Bertz CT molecular complexity index is 791. The summed E-state index contributed by atoms with van der Waals surface area (Å²) in [5.41, 5.74) is 5.80. The molecule has 0 aliphatic rings. The predicted molar refractivity (Wildman–Crippen MR) is 71.8 cm³/mol. The fourth-order valence-electron chi connectivity index (χ4n) is 2.29. The van der Waals surface area contributed by atoms with E-state index in [1.54, 1.807) is 0 Å². The number of nitrogens with zero attached hydrogens (tertiary/aromatic N) is 3. The first-order valence-electron chi connectivity index (χ1n) is 6.06. The van der Waals surface area contributed by atoms with Crippen LogP contribution in [0.4, 0.5) is 0 Å². The summed E-state index contributed by atoms with van der Waals surface area (Å²) >= 11 is 0. The van der Waals surface area contributed by atoms with Crippen LogP contribution in [0, 0.1) is 25.2 Å². The molecule has 1 N–H and O–H groups in total. The first-order valence-corrected chi connectivity index (χ1v) is 6.06. The SMILES string of the molecule is Cc1cc2c([nH]c[n+]2-c2ccc(C#N)cc2)c(C)n1. The van der Waals surface area contributed by atoms with Crippen LogP contribution in [0.25, 0.3) is 16.7 Å². The zero-order valence-electron chi connectivity index (χ0n) is 10.8. The highest BCUT2D eigenvalue weighted by atomic mass is 15.1. The minimum Gasteiger partial charge on any atom is -0.254 e. The number of H-pyrrole nitrogens is 1. The molecule has 0 bridgehead atoms. The van der Waals surface area contributed by atoms with Gasteiger partial charge in [-0.1, -0.05) is 0 Å². The van der Waals surface area contributed by atoms with Gasteiger partial charge in [0.15, 0.2) is 11.0 Å². The van der Waals surface area contributed by atoms with Crippen molar-refractivity contribution in [2.24, 2.45) is 0 Å². The van der Waals surface area contributed by atoms with Crippen molar-refractivity contribution in [3.63, 3.8) is 0 Å². The third-order valence-corrected chi connectivity index (χ3v) is 3.18. The van der Waals surface area contributed by atoms with Crippen LogP contribution in [-0.2, 0) is 0 Å². The van der Waals surface area contributed by atoms with E-state index >= 15 is 0 Å². The molecule has 0 aliphatic heterocycles. The van der Waals surface area contributed by atoms with E-state index < -0.39 is 0 Å². The molecule has 19 heavy (non-hydrogen) atoms. The zero-order chi connectivity index (χ0) is 13.4. The van der Waals surface area contributed by atoms with E-state index in [0.717, 1.165) is 28.1 Å². The van der Waals surface area contributed by atoms with Gasteiger partial charge in [0.1, 0.15) is 5.69 Å². The molecule has 0 atom stereocenters. The summed E-state index contributed by atoms with van der Waals surface area (Å²) in [7, 11) is 0. The lowest BCUT2D eigenvalue weighted by atomic mass is 10.2. The number of hydrogen-bond acceptors (Lipinski definition) is 2. The normalized spacial score (nSPS) is 10.6. The van der Waals surface area contributed by atoms with Gasteiger partial charge >= 0.3 is 0 Å². The number of aromatic amines is 1. The monoisotopic (exact) mass is 249 g/mol. The number of aromatic nitrogens is 3. The van der Waals surface area contributed by atoms with Crippen LogP contribution in [0.3, 0.4) is 0 Å². The van der Waals surface area contributed by atoms with Crippen molar-refractivity contribution < 1.29 is 4.57 Å². The number of pyridine rings is 1. The summed E-state index contributed by atoms with van der Waals surface area (Å²) in [5, 5.41) is 8.83. The molecule has 3 aromatic rings. The van der Waals surface area contributed by atoms with Gasteiger partial charge in [-0.3, -0.25) is 4.98 Å². The van der Waals surface area contributed by atoms with Gasteiger partial charge in [0.05, 0.1) is 17.3 Å². The summed E-state index contributed by atoms with van der Waals surface area (Å²) in [6.45, 7) is 3.98. The van der Waals surface area contributed by atoms with Crippen LogP contribution in [0.2, 0.25) is 0 Å². The summed E-state index contributed by atoms with van der Waals surface area (Å²) in [6.07, 6.45) is 1.92. The van der Waals surface area contributed by atoms with Gasteiger partial charge in [-0.2, -0.15) is 9.83 Å². The summed E-state index contributed by atoms with van der Waals surface area (Å²) in [6, 6.07) is 11.7. The van der Waals surface area contributed by atoms with E-state index in [9.17, 15) is 0 Å². The van der Waals surface area contributed by atoms with E-state index in [-0.39, 0.29) is 0 Å². The van der Waals surface area contributed by atoms with Crippen molar-refractivity contribution >= 4 is 11.0 Å². The van der Waals surface area contributed by atoms with Crippen LogP contribution in [0.15, 0.2) is 36.7 Å². The number of imidazole rings is 1. The Morgan fingerprint density at radius 1 is 1.21 bits per heavy atom. The molecule has 3 rings (SSSR count). The van der Waals surface area contributed by atoms with Gasteiger partial charge < -0.3 is 0 Å². The molecule has 0 saturated carbocycles. The molecule has 0 radical (unpaired) electrons. The van der Waals surface area contributed by atoms with Crippen molar-refractivity contribution in [3.8, 4) is 11.8 Å². The van der Waals surface area contributed by atoms with Gasteiger partial charge in [0.25, 0.3) is 0 Å². The van der Waals surface area contributed by atoms with Crippen molar-refractivity contribution in [2.75, 3.05) is 0 Å². The molecular formula is C15H13N4+. The number of benzene rings is 1. The molecule has 2 aromatic heterocycles. The van der Waals surface area contributed by atoms with E-state index in [2.05, 4.69) is 26.7 Å². The first kappa shape index (κ1) is 11.4. The smallest absolute Gasteiger partial charge is 0.247 e. The molecule has 2 heterocycles. The average Bonchev–Trinajstić information content (AvgIpc) is 2.83. The second kappa shape index (κ2) is 4.21. The molecule has 0 saturated heterocycles. The van der Waals surface area contributed by atoms with E-state index in [4.69, 9.17) is 5.26 Å². The van der Waals surface area contributed by atoms with Gasteiger partial charge in [0.2, 0.25) is 6.33 Å². The second-order valence-corrected chi connectivity index (χ2v) is 4.55. The summed E-state index contributed by atoms with van der Waals surface area (Å²) in [5.74, 6) is 0. The Hall–Kier alpha value is -2.67. The van der Waals surface area contributed by atoms with Crippen molar-refractivity contribution in [3.05, 3.63) is 53.6 Å². The highest BCUT2D eigenvalue weighted by molar-refractivity contribution is 5.74. The first-order chi connectivity index (χ1) is 9.19. The lowest BCUT2D eigenvalue weighted by Gasteiger charge is -1.99. The Morgan fingerprint density at radius 2 is 1.95 bits per heavy atom. The van der Waals surface area contributed by atoms with Gasteiger partial charge in [-0.05, 0) is 38.1 Å². The minimum absolute atomic E-state index is 0.665. The molecule has 0 spiro atoms. The van der Waals surface area contributed by atoms with E-state index in [1.807, 2.05) is 44.4 Å². The van der Waals surface area contributed by atoms with Crippen LogP contribution >= 0.6 is 0 Å². The maximum atomic E-state index is 8.83. The molecule has 92 valence electrons. The third-order valence-electron chi connectivity index (χ3n) is 3.18. The number of nitrogens with one attached hydrogen (secondary N) is 1. The molecular weight excluding hydrogens is 236 g/mol. The van der Waals surface area contributed by atoms with Crippen molar-refractivity contribution in [1.29, 1.82) is 5.26 Å². The topological polar surface area (TPSA) is 56.3 Å². The van der Waals surface area contributed by atoms with Crippen molar-refractivity contribution in [2.45, 2.75) is 13.8 Å². The molecule has 4 heteroatoms. The van der Waals surface area contributed by atoms with Gasteiger partial charge in [-0.25, -0.2) is 4.98 Å². The molecule has 0 amide bonds. The largest absolute Gasteiger partial charge is 0.254 e. The highest BCUT2D eigenvalue weighted by Crippen LogP contribution is 2.14. The van der Waals surface area contributed by atoms with Crippen molar-refractivity contribution in [1.82, 2.24) is 9.97 Å². The fourth-order valence-corrected chi connectivity index (χ4v) is 2.29. The highest BCUT2D eigenvalue weighted by Gasteiger charge is 2.15. The molecule has 1 aromatic carbocycles. The van der Waals surface area contributed by atoms with E-state index in [1.165, 1.54) is 0 Å². The number of aryl methyl sites for hydroxylation is 2. The molecule has 0 aliphatic carbocycles.